The van der Waals surface area contributed by atoms with Gasteiger partial charge in [-0.25, -0.2) is 4.98 Å². The molecule has 0 bridgehead atoms. The first kappa shape index (κ1) is 22.0. The Balaban J connectivity index is 1.25. The highest BCUT2D eigenvalue weighted by Crippen LogP contribution is 2.28. The van der Waals surface area contributed by atoms with Gasteiger partial charge < -0.3 is 15.5 Å². The van der Waals surface area contributed by atoms with E-state index in [2.05, 4.69) is 67.9 Å². The van der Waals surface area contributed by atoms with Gasteiger partial charge in [0.05, 0.1) is 5.52 Å². The molecular formula is C25H32BrN5. The van der Waals surface area contributed by atoms with E-state index < -0.39 is 0 Å². The van der Waals surface area contributed by atoms with Crippen LogP contribution in [0.4, 0.5) is 11.8 Å². The molecule has 4 rings (SSSR count). The number of fused-ring (bicyclic) bond motifs is 1. The molecule has 5 nitrogen and oxygen atoms in total. The van der Waals surface area contributed by atoms with Crippen LogP contribution in [0.15, 0.2) is 53.0 Å². The topological polar surface area (TPSA) is 53.1 Å². The van der Waals surface area contributed by atoms with Gasteiger partial charge in [-0.15, -0.1) is 0 Å². The van der Waals surface area contributed by atoms with Gasteiger partial charge in [0.2, 0.25) is 5.95 Å². The minimum Gasteiger partial charge on any atom is -0.362 e. The average molecular weight is 482 g/mol. The van der Waals surface area contributed by atoms with E-state index in [0.29, 0.717) is 6.04 Å². The van der Waals surface area contributed by atoms with Gasteiger partial charge in [0, 0.05) is 30.0 Å². The number of benzene rings is 2. The molecule has 1 aliphatic carbocycles. The van der Waals surface area contributed by atoms with Gasteiger partial charge in [0.25, 0.3) is 0 Å². The van der Waals surface area contributed by atoms with E-state index in [1.807, 2.05) is 26.2 Å². The highest BCUT2D eigenvalue weighted by Gasteiger charge is 2.22. The molecule has 0 unspecified atom stereocenters. The molecule has 2 N–H and O–H groups in total. The Hall–Kier alpha value is -2.18. The van der Waals surface area contributed by atoms with Gasteiger partial charge in [-0.2, -0.15) is 4.98 Å². The van der Waals surface area contributed by atoms with E-state index in [9.17, 15) is 0 Å². The molecule has 2 aromatic carbocycles. The fraction of sp³-hybridized carbons (Fsp3) is 0.440. The lowest BCUT2D eigenvalue weighted by Gasteiger charge is -2.29. The first-order valence-electron chi connectivity index (χ1n) is 11.2. The number of rotatable bonds is 8. The normalized spacial score (nSPS) is 18.8. The van der Waals surface area contributed by atoms with Gasteiger partial charge >= 0.3 is 0 Å². The molecule has 31 heavy (non-hydrogen) atoms. The van der Waals surface area contributed by atoms with Gasteiger partial charge in [0.1, 0.15) is 5.82 Å². The quantitative estimate of drug-likeness (QED) is 0.429. The van der Waals surface area contributed by atoms with Crippen LogP contribution < -0.4 is 15.5 Å². The van der Waals surface area contributed by atoms with E-state index in [4.69, 9.17) is 9.97 Å². The third kappa shape index (κ3) is 5.95. The predicted molar refractivity (Wildman–Crippen MR) is 134 cm³/mol. The lowest BCUT2D eigenvalue weighted by Crippen LogP contribution is -2.32. The van der Waals surface area contributed by atoms with E-state index >= 15 is 0 Å². The van der Waals surface area contributed by atoms with Crippen LogP contribution in [0.5, 0.6) is 0 Å². The van der Waals surface area contributed by atoms with Crippen LogP contribution in [-0.2, 0) is 6.42 Å². The number of anilines is 2. The Bertz CT molecular complexity index is 998. The van der Waals surface area contributed by atoms with Crippen LogP contribution in [0.1, 0.15) is 31.2 Å². The summed E-state index contributed by atoms with van der Waals surface area (Å²) in [5, 5.41) is 8.36. The molecule has 1 heterocycles. The molecule has 164 valence electrons. The summed E-state index contributed by atoms with van der Waals surface area (Å²) in [5.41, 5.74) is 2.37. The van der Waals surface area contributed by atoms with Crippen molar-refractivity contribution >= 4 is 38.6 Å². The molecule has 1 fully saturated rings. The highest BCUT2D eigenvalue weighted by molar-refractivity contribution is 9.10. The Morgan fingerprint density at radius 2 is 1.81 bits per heavy atom. The minimum absolute atomic E-state index is 0.453. The molecule has 3 aromatic rings. The third-order valence-electron chi connectivity index (χ3n) is 6.10. The Labute approximate surface area is 193 Å². The minimum atomic E-state index is 0.453. The largest absolute Gasteiger partial charge is 0.362 e. The van der Waals surface area contributed by atoms with Crippen LogP contribution >= 0.6 is 15.9 Å². The Morgan fingerprint density at radius 1 is 1.00 bits per heavy atom. The monoisotopic (exact) mass is 481 g/mol. The van der Waals surface area contributed by atoms with Crippen molar-refractivity contribution < 1.29 is 0 Å². The smallest absolute Gasteiger partial charge is 0.225 e. The average Bonchev–Trinajstić information content (AvgIpc) is 2.77. The van der Waals surface area contributed by atoms with Crippen molar-refractivity contribution in [1.82, 2.24) is 15.3 Å². The van der Waals surface area contributed by atoms with Crippen LogP contribution in [0.3, 0.4) is 0 Å². The van der Waals surface area contributed by atoms with Crippen molar-refractivity contribution in [2.24, 2.45) is 5.92 Å². The van der Waals surface area contributed by atoms with E-state index in [0.717, 1.165) is 52.6 Å². The van der Waals surface area contributed by atoms with Crippen LogP contribution in [0.25, 0.3) is 10.9 Å². The Kier molecular flexibility index (Phi) is 7.41. The number of hydrogen-bond donors (Lipinski definition) is 2. The molecule has 0 aliphatic heterocycles. The molecule has 6 heteroatoms. The number of halogens is 1. The van der Waals surface area contributed by atoms with Gasteiger partial charge in [-0.05, 0) is 80.9 Å². The first-order chi connectivity index (χ1) is 15.1. The molecule has 0 spiro atoms. The van der Waals surface area contributed by atoms with Crippen LogP contribution in [-0.4, -0.2) is 43.2 Å². The molecule has 1 aliphatic rings. The first-order valence-corrected chi connectivity index (χ1v) is 12.0. The second kappa shape index (κ2) is 10.4. The summed E-state index contributed by atoms with van der Waals surface area (Å²) in [6.07, 6.45) is 5.91. The van der Waals surface area contributed by atoms with E-state index in [-0.39, 0.29) is 0 Å². The molecule has 1 saturated carbocycles. The Morgan fingerprint density at radius 3 is 2.58 bits per heavy atom. The lowest BCUT2D eigenvalue weighted by atomic mass is 9.86. The number of nitrogens with zero attached hydrogens (tertiary/aromatic N) is 3. The number of para-hydroxylation sites is 1. The summed E-state index contributed by atoms with van der Waals surface area (Å²) in [7, 11) is 4.07. The maximum absolute atomic E-state index is 4.80. The summed E-state index contributed by atoms with van der Waals surface area (Å²) < 4.78 is 1.16. The fourth-order valence-corrected chi connectivity index (χ4v) is 4.84. The van der Waals surface area contributed by atoms with Gasteiger partial charge in [-0.3, -0.25) is 0 Å². The highest BCUT2D eigenvalue weighted by atomic mass is 79.9. The standard InChI is InChI=1S/C25H32BrN5/c1-31(2)24-22-8-3-4-9-23(22)29-25(30-24)28-21-12-10-19(11-13-21)17-27-15-14-18-6-5-7-20(26)16-18/h3-9,16,19,21,27H,10-15,17H2,1-2H3,(H,28,29,30)/t19-,21+. The van der Waals surface area contributed by atoms with Crippen molar-refractivity contribution in [2.45, 2.75) is 38.1 Å². The van der Waals surface area contributed by atoms with E-state index in [1.54, 1.807) is 0 Å². The third-order valence-corrected chi connectivity index (χ3v) is 6.59. The molecule has 1 aromatic heterocycles. The van der Waals surface area contributed by atoms with Crippen LogP contribution in [0.2, 0.25) is 0 Å². The summed E-state index contributed by atoms with van der Waals surface area (Å²) in [6.45, 7) is 2.14. The van der Waals surface area contributed by atoms with Gasteiger partial charge in [-0.1, -0.05) is 40.2 Å². The van der Waals surface area contributed by atoms with Crippen molar-refractivity contribution in [3.05, 3.63) is 58.6 Å². The van der Waals surface area contributed by atoms with Crippen molar-refractivity contribution in [1.29, 1.82) is 0 Å². The molecule has 0 amide bonds. The zero-order chi connectivity index (χ0) is 21.6. The lowest BCUT2D eigenvalue weighted by molar-refractivity contribution is 0.325. The summed E-state index contributed by atoms with van der Waals surface area (Å²) in [4.78, 5) is 11.6. The van der Waals surface area contributed by atoms with Crippen molar-refractivity contribution in [2.75, 3.05) is 37.4 Å². The van der Waals surface area contributed by atoms with Gasteiger partial charge in [0.15, 0.2) is 0 Å². The summed E-state index contributed by atoms with van der Waals surface area (Å²) >= 11 is 3.55. The second-order valence-corrected chi connectivity index (χ2v) is 9.64. The molecule has 0 radical (unpaired) electrons. The molecule has 0 saturated heterocycles. The van der Waals surface area contributed by atoms with E-state index in [1.165, 1.54) is 31.2 Å². The second-order valence-electron chi connectivity index (χ2n) is 8.73. The molecule has 0 atom stereocenters. The SMILES string of the molecule is CN(C)c1nc(N[C@H]2CC[C@@H](CNCCc3cccc(Br)c3)CC2)nc2ccccc12. The van der Waals surface area contributed by atoms with Crippen molar-refractivity contribution in [3.63, 3.8) is 0 Å². The van der Waals surface area contributed by atoms with Crippen molar-refractivity contribution in [3.8, 4) is 0 Å². The molecular weight excluding hydrogens is 450 g/mol. The summed E-state index contributed by atoms with van der Waals surface area (Å²) in [6, 6.07) is 17.3. The number of nitrogens with one attached hydrogen (secondary N) is 2. The maximum Gasteiger partial charge on any atom is 0.225 e. The summed E-state index contributed by atoms with van der Waals surface area (Å²) in [5.74, 6) is 2.48. The zero-order valence-corrected chi connectivity index (χ0v) is 20.0. The number of hydrogen-bond acceptors (Lipinski definition) is 5. The predicted octanol–water partition coefficient (Wildman–Crippen LogP) is 5.26. The number of aromatic nitrogens is 2. The maximum atomic E-state index is 4.80. The fourth-order valence-electron chi connectivity index (χ4n) is 4.39. The zero-order valence-electron chi connectivity index (χ0n) is 18.4. The van der Waals surface area contributed by atoms with Crippen LogP contribution in [0, 0.1) is 5.92 Å².